The van der Waals surface area contributed by atoms with Crippen molar-refractivity contribution < 1.29 is 30.5 Å². The summed E-state index contributed by atoms with van der Waals surface area (Å²) in [4.78, 5) is 0. The average molecular weight is 135 g/mol. The fourth-order valence-corrected chi connectivity index (χ4v) is 0. The van der Waals surface area contributed by atoms with Gasteiger partial charge >= 0.3 is 0 Å². The molecule has 0 N–H and O–H groups in total. The molecule has 0 rings (SSSR count). The second kappa shape index (κ2) is 4.27. The molecular formula is CuF3N. The van der Waals surface area contributed by atoms with Crippen LogP contribution in [0.5, 0.6) is 0 Å². The van der Waals surface area contributed by atoms with Crippen LogP contribution in [0.15, 0.2) is 0 Å². The Balaban J connectivity index is 0. The van der Waals surface area contributed by atoms with Crippen LogP contribution in [0.2, 0.25) is 0 Å². The number of rotatable bonds is 0. The summed E-state index contributed by atoms with van der Waals surface area (Å²) in [6.07, 6.45) is 0. The maximum Gasteiger partial charge on any atom is 0.199 e. The third-order valence-electron chi connectivity index (χ3n) is 0. The van der Waals surface area contributed by atoms with Gasteiger partial charge in [0, 0.05) is 17.1 Å². The van der Waals surface area contributed by atoms with Gasteiger partial charge in [-0.3, -0.25) is 0 Å². The molecule has 0 fully saturated rings. The van der Waals surface area contributed by atoms with Gasteiger partial charge in [-0.15, -0.1) is 0 Å². The SMILES string of the molecule is FN(F)F.[Cu]. The van der Waals surface area contributed by atoms with Gasteiger partial charge in [0.25, 0.3) is 0 Å². The molecule has 0 aromatic carbocycles. The van der Waals surface area contributed by atoms with Crippen molar-refractivity contribution in [3.8, 4) is 0 Å². The zero-order chi connectivity index (χ0) is 3.58. The largest absolute Gasteiger partial charge is 0.199 e. The third-order valence-corrected chi connectivity index (χ3v) is 0. The second-order valence-corrected chi connectivity index (χ2v) is 0.192. The van der Waals surface area contributed by atoms with Crippen molar-refractivity contribution in [2.24, 2.45) is 0 Å². The molecule has 0 aliphatic carbocycles. The summed E-state index contributed by atoms with van der Waals surface area (Å²) < 4.78 is 28.5. The average Bonchev–Trinajstić information content (AvgIpc) is 0.811. The fraction of sp³-hybridized carbons (Fsp3) is 0. The molecule has 0 aromatic rings. The van der Waals surface area contributed by atoms with Crippen molar-refractivity contribution in [2.75, 3.05) is 0 Å². The molecule has 0 bridgehead atoms. The summed E-state index contributed by atoms with van der Waals surface area (Å²) in [5.41, 5.74) is -2.50. The Morgan fingerprint density at radius 3 is 1.00 bits per heavy atom. The molecule has 5 heteroatoms. The molecule has 0 aliphatic heterocycles. The molecule has 37 valence electrons. The van der Waals surface area contributed by atoms with Crippen LogP contribution >= 0.6 is 0 Å². The van der Waals surface area contributed by atoms with Crippen LogP contribution in [-0.4, -0.2) is 5.57 Å². The number of hydrogen-bond donors (Lipinski definition) is 0. The van der Waals surface area contributed by atoms with Gasteiger partial charge < -0.3 is 0 Å². The standard InChI is InChI=1S/Cu.F3N/c;1-4(2)3. The van der Waals surface area contributed by atoms with Gasteiger partial charge in [0.05, 0.1) is 0 Å². The van der Waals surface area contributed by atoms with Gasteiger partial charge in [-0.1, -0.05) is 13.4 Å². The van der Waals surface area contributed by atoms with E-state index in [1.54, 1.807) is 0 Å². The minimum atomic E-state index is -2.50. The van der Waals surface area contributed by atoms with Crippen LogP contribution in [0.3, 0.4) is 0 Å². The zero-order valence-electron chi connectivity index (χ0n) is 1.88. The number of hydrogen-bond acceptors (Lipinski definition) is 1. The van der Waals surface area contributed by atoms with E-state index in [1.807, 2.05) is 0 Å². The fourth-order valence-electron chi connectivity index (χ4n) is 0. The normalized spacial score (nSPS) is 7.20. The summed E-state index contributed by atoms with van der Waals surface area (Å²) >= 11 is 0. The maximum atomic E-state index is 9.50. The molecule has 0 saturated carbocycles. The first-order valence-electron chi connectivity index (χ1n) is 0.507. The van der Waals surface area contributed by atoms with Gasteiger partial charge in [0.15, 0.2) is 5.57 Å². The van der Waals surface area contributed by atoms with E-state index in [0.29, 0.717) is 0 Å². The predicted octanol–water partition coefficient (Wildman–Crippen LogP) is 0.939. The Hall–Kier alpha value is 0.269. The van der Waals surface area contributed by atoms with Gasteiger partial charge in [-0.05, 0) is 0 Å². The Kier molecular flexibility index (Phi) is 7.67. The first-order chi connectivity index (χ1) is 1.73. The van der Waals surface area contributed by atoms with Crippen molar-refractivity contribution in [3.05, 3.63) is 0 Å². The van der Waals surface area contributed by atoms with Crippen LogP contribution in [0.25, 0.3) is 0 Å². The quantitative estimate of drug-likeness (QED) is 0.352. The summed E-state index contributed by atoms with van der Waals surface area (Å²) in [5, 5.41) is 0. The first-order valence-corrected chi connectivity index (χ1v) is 0.507. The molecule has 1 nitrogen and oxygen atoms in total. The molecule has 0 saturated heterocycles. The number of halogens is 3. The van der Waals surface area contributed by atoms with Crippen molar-refractivity contribution in [1.29, 1.82) is 0 Å². The van der Waals surface area contributed by atoms with E-state index in [1.165, 1.54) is 0 Å². The van der Waals surface area contributed by atoms with Gasteiger partial charge in [0.2, 0.25) is 0 Å². The van der Waals surface area contributed by atoms with Crippen LogP contribution in [0.1, 0.15) is 0 Å². The monoisotopic (exact) mass is 134 g/mol. The van der Waals surface area contributed by atoms with E-state index < -0.39 is 5.57 Å². The van der Waals surface area contributed by atoms with E-state index in [-0.39, 0.29) is 17.1 Å². The molecule has 0 heterocycles. The van der Waals surface area contributed by atoms with E-state index in [0.717, 1.165) is 0 Å². The van der Waals surface area contributed by atoms with Crippen molar-refractivity contribution in [2.45, 2.75) is 0 Å². The smallest absolute Gasteiger partial charge is 0.0662 e. The summed E-state index contributed by atoms with van der Waals surface area (Å²) in [5.74, 6) is 0. The van der Waals surface area contributed by atoms with Crippen molar-refractivity contribution in [3.63, 3.8) is 0 Å². The minimum Gasteiger partial charge on any atom is -0.0662 e. The van der Waals surface area contributed by atoms with Crippen LogP contribution in [-0.2, 0) is 17.1 Å². The van der Waals surface area contributed by atoms with E-state index in [2.05, 4.69) is 0 Å². The van der Waals surface area contributed by atoms with E-state index in [4.69, 9.17) is 0 Å². The minimum absolute atomic E-state index is 0. The Morgan fingerprint density at radius 1 is 1.00 bits per heavy atom. The molecule has 0 atom stereocenters. The molecule has 1 radical (unpaired) electrons. The predicted molar refractivity (Wildman–Crippen MR) is 5.16 cm³/mol. The first kappa shape index (κ1) is 8.99. The van der Waals surface area contributed by atoms with E-state index in [9.17, 15) is 13.4 Å². The number of nitrogens with zero attached hydrogens (tertiary/aromatic N) is 1. The maximum absolute atomic E-state index is 9.50. The van der Waals surface area contributed by atoms with Crippen LogP contribution < -0.4 is 0 Å². The Bertz CT molecular complexity index is 11.6. The molecule has 5 heavy (non-hydrogen) atoms. The molecule has 0 spiro atoms. The van der Waals surface area contributed by atoms with Crippen LogP contribution in [0.4, 0.5) is 13.4 Å². The topological polar surface area (TPSA) is 3.24 Å². The van der Waals surface area contributed by atoms with Crippen molar-refractivity contribution >= 4 is 0 Å². The zero-order valence-corrected chi connectivity index (χ0v) is 2.82. The van der Waals surface area contributed by atoms with Crippen LogP contribution in [0, 0.1) is 0 Å². The Morgan fingerprint density at radius 2 is 1.00 bits per heavy atom. The second-order valence-electron chi connectivity index (χ2n) is 0.192. The van der Waals surface area contributed by atoms with Gasteiger partial charge in [-0.2, -0.15) is 0 Å². The Labute approximate surface area is 37.0 Å². The van der Waals surface area contributed by atoms with Gasteiger partial charge in [-0.25, -0.2) is 0 Å². The third kappa shape index (κ3) is 303. The molecule has 0 aliphatic rings. The summed E-state index contributed by atoms with van der Waals surface area (Å²) in [6.45, 7) is 0. The summed E-state index contributed by atoms with van der Waals surface area (Å²) in [7, 11) is 0. The molecule has 0 unspecified atom stereocenters. The molecule has 0 amide bonds. The van der Waals surface area contributed by atoms with E-state index >= 15 is 0 Å². The van der Waals surface area contributed by atoms with Crippen molar-refractivity contribution in [1.82, 2.24) is 5.57 Å². The summed E-state index contributed by atoms with van der Waals surface area (Å²) in [6, 6.07) is 0. The van der Waals surface area contributed by atoms with Gasteiger partial charge in [0.1, 0.15) is 0 Å². The molecular weight excluding hydrogens is 135 g/mol. The molecule has 0 aromatic heterocycles.